The number of unbranched alkanes of at least 4 members (excludes halogenated alkanes) is 1. The third-order valence-electron chi connectivity index (χ3n) is 3.57. The van der Waals surface area contributed by atoms with Gasteiger partial charge in [0, 0.05) is 6.42 Å². The van der Waals surface area contributed by atoms with Crippen LogP contribution in [0, 0.1) is 11.8 Å². The molecule has 17 heavy (non-hydrogen) atoms. The third kappa shape index (κ3) is 6.67. The fourth-order valence-electron chi connectivity index (χ4n) is 2.03. The number of carbonyl (C=O) groups is 1. The standard InChI is InChI=1S/C14H29NO2/c1-5-7-9-11(3)12(4)13(10-16)15-14(17)8-6-2/h11-13,16H,5-10H2,1-4H3,(H,15,17)/t11-,12-,13?/m1/s1. The lowest BCUT2D eigenvalue weighted by molar-refractivity contribution is -0.122. The van der Waals surface area contributed by atoms with E-state index in [1.54, 1.807) is 0 Å². The first-order valence-electron chi connectivity index (χ1n) is 6.96. The highest BCUT2D eigenvalue weighted by Gasteiger charge is 2.23. The van der Waals surface area contributed by atoms with E-state index < -0.39 is 0 Å². The van der Waals surface area contributed by atoms with Crippen LogP contribution < -0.4 is 5.32 Å². The Hall–Kier alpha value is -0.570. The van der Waals surface area contributed by atoms with Crippen LogP contribution in [-0.4, -0.2) is 23.7 Å². The average molecular weight is 243 g/mol. The van der Waals surface area contributed by atoms with E-state index in [4.69, 9.17) is 0 Å². The number of nitrogens with one attached hydrogen (secondary N) is 1. The number of carbonyl (C=O) groups excluding carboxylic acids is 1. The van der Waals surface area contributed by atoms with Gasteiger partial charge < -0.3 is 10.4 Å². The molecule has 0 aliphatic carbocycles. The highest BCUT2D eigenvalue weighted by Crippen LogP contribution is 2.21. The van der Waals surface area contributed by atoms with Gasteiger partial charge in [-0.2, -0.15) is 0 Å². The van der Waals surface area contributed by atoms with Crippen LogP contribution in [-0.2, 0) is 4.79 Å². The van der Waals surface area contributed by atoms with Crippen molar-refractivity contribution < 1.29 is 9.90 Å². The summed E-state index contributed by atoms with van der Waals surface area (Å²) in [5, 5.41) is 12.3. The molecule has 0 aliphatic rings. The van der Waals surface area contributed by atoms with Crippen molar-refractivity contribution in [3.63, 3.8) is 0 Å². The highest BCUT2D eigenvalue weighted by atomic mass is 16.3. The van der Waals surface area contributed by atoms with Gasteiger partial charge in [-0.15, -0.1) is 0 Å². The molecular weight excluding hydrogens is 214 g/mol. The first-order valence-corrected chi connectivity index (χ1v) is 6.96. The zero-order valence-corrected chi connectivity index (χ0v) is 11.8. The maximum absolute atomic E-state index is 11.5. The van der Waals surface area contributed by atoms with Gasteiger partial charge in [0.05, 0.1) is 12.6 Å². The van der Waals surface area contributed by atoms with Gasteiger partial charge in [0.15, 0.2) is 0 Å². The van der Waals surface area contributed by atoms with Crippen molar-refractivity contribution in [1.29, 1.82) is 0 Å². The smallest absolute Gasteiger partial charge is 0.220 e. The SMILES string of the molecule is CCCC[C@@H](C)[C@@H](C)C(CO)NC(=O)CCC. The molecule has 3 heteroatoms. The normalized spacial score (nSPS) is 16.3. The fourth-order valence-corrected chi connectivity index (χ4v) is 2.03. The van der Waals surface area contributed by atoms with E-state index in [1.165, 1.54) is 12.8 Å². The molecule has 0 spiro atoms. The lowest BCUT2D eigenvalue weighted by atomic mass is 9.85. The molecule has 0 saturated carbocycles. The number of amides is 1. The van der Waals surface area contributed by atoms with Crippen molar-refractivity contribution in [1.82, 2.24) is 5.32 Å². The first-order chi connectivity index (χ1) is 8.06. The molecule has 0 fully saturated rings. The molecule has 0 aliphatic heterocycles. The van der Waals surface area contributed by atoms with Crippen LogP contribution in [0.2, 0.25) is 0 Å². The van der Waals surface area contributed by atoms with E-state index in [1.807, 2.05) is 6.92 Å². The van der Waals surface area contributed by atoms with E-state index in [2.05, 4.69) is 26.1 Å². The number of hydrogen-bond acceptors (Lipinski definition) is 2. The highest BCUT2D eigenvalue weighted by molar-refractivity contribution is 5.76. The van der Waals surface area contributed by atoms with Crippen molar-refractivity contribution in [2.75, 3.05) is 6.61 Å². The van der Waals surface area contributed by atoms with E-state index >= 15 is 0 Å². The molecule has 102 valence electrons. The summed E-state index contributed by atoms with van der Waals surface area (Å²) in [6.07, 6.45) is 4.98. The van der Waals surface area contributed by atoms with Gasteiger partial charge in [-0.1, -0.05) is 47.0 Å². The van der Waals surface area contributed by atoms with Gasteiger partial charge in [-0.05, 0) is 18.3 Å². The van der Waals surface area contributed by atoms with Gasteiger partial charge in [0.25, 0.3) is 0 Å². The Kier molecular flexibility index (Phi) is 9.14. The summed E-state index contributed by atoms with van der Waals surface area (Å²) in [4.78, 5) is 11.5. The van der Waals surface area contributed by atoms with Crippen LogP contribution in [0.5, 0.6) is 0 Å². The minimum absolute atomic E-state index is 0.0348. The molecule has 0 rings (SSSR count). The Bertz CT molecular complexity index is 206. The average Bonchev–Trinajstić information content (AvgIpc) is 2.32. The second-order valence-corrected chi connectivity index (χ2v) is 5.09. The van der Waals surface area contributed by atoms with Crippen molar-refractivity contribution in [2.45, 2.75) is 65.8 Å². The summed E-state index contributed by atoms with van der Waals surface area (Å²) in [5.41, 5.74) is 0. The van der Waals surface area contributed by atoms with Crippen LogP contribution in [0.4, 0.5) is 0 Å². The van der Waals surface area contributed by atoms with E-state index in [0.717, 1.165) is 12.8 Å². The number of aliphatic hydroxyl groups is 1. The molecule has 1 amide bonds. The summed E-state index contributed by atoms with van der Waals surface area (Å²) >= 11 is 0. The van der Waals surface area contributed by atoms with E-state index in [-0.39, 0.29) is 18.6 Å². The van der Waals surface area contributed by atoms with Crippen LogP contribution in [0.15, 0.2) is 0 Å². The van der Waals surface area contributed by atoms with Crippen LogP contribution in [0.25, 0.3) is 0 Å². The molecular formula is C14H29NO2. The Morgan fingerprint density at radius 3 is 2.35 bits per heavy atom. The summed E-state index contributed by atoms with van der Waals surface area (Å²) < 4.78 is 0. The van der Waals surface area contributed by atoms with Crippen molar-refractivity contribution >= 4 is 5.91 Å². The number of hydrogen-bond donors (Lipinski definition) is 2. The maximum Gasteiger partial charge on any atom is 0.220 e. The van der Waals surface area contributed by atoms with Crippen LogP contribution in [0.3, 0.4) is 0 Å². The molecule has 0 heterocycles. The summed E-state index contributed by atoms with van der Waals surface area (Å²) in [6.45, 7) is 8.53. The largest absolute Gasteiger partial charge is 0.394 e. The van der Waals surface area contributed by atoms with Crippen LogP contribution >= 0.6 is 0 Å². The van der Waals surface area contributed by atoms with Gasteiger partial charge >= 0.3 is 0 Å². The lowest BCUT2D eigenvalue weighted by Gasteiger charge is -2.28. The first kappa shape index (κ1) is 16.4. The second kappa shape index (κ2) is 9.46. The second-order valence-electron chi connectivity index (χ2n) is 5.09. The molecule has 0 saturated heterocycles. The van der Waals surface area contributed by atoms with Gasteiger partial charge in [0.2, 0.25) is 5.91 Å². The Morgan fingerprint density at radius 2 is 1.88 bits per heavy atom. The van der Waals surface area contributed by atoms with Crippen molar-refractivity contribution in [2.24, 2.45) is 11.8 Å². The quantitative estimate of drug-likeness (QED) is 0.654. The molecule has 0 aromatic carbocycles. The summed E-state index contributed by atoms with van der Waals surface area (Å²) in [5.74, 6) is 0.919. The fraction of sp³-hybridized carbons (Fsp3) is 0.929. The molecule has 0 radical (unpaired) electrons. The minimum atomic E-state index is -0.0964. The monoisotopic (exact) mass is 243 g/mol. The lowest BCUT2D eigenvalue weighted by Crippen LogP contribution is -2.43. The molecule has 0 aromatic rings. The molecule has 0 aromatic heterocycles. The predicted molar refractivity (Wildman–Crippen MR) is 71.8 cm³/mol. The maximum atomic E-state index is 11.5. The number of aliphatic hydroxyl groups excluding tert-OH is 1. The third-order valence-corrected chi connectivity index (χ3v) is 3.57. The van der Waals surface area contributed by atoms with E-state index in [9.17, 15) is 9.90 Å². The summed E-state index contributed by atoms with van der Waals surface area (Å²) in [7, 11) is 0. The minimum Gasteiger partial charge on any atom is -0.394 e. The molecule has 1 unspecified atom stereocenters. The zero-order chi connectivity index (χ0) is 13.3. The molecule has 3 nitrogen and oxygen atoms in total. The number of rotatable bonds is 9. The van der Waals surface area contributed by atoms with Gasteiger partial charge in [0.1, 0.15) is 0 Å². The predicted octanol–water partition coefficient (Wildman–Crippen LogP) is 2.73. The summed E-state index contributed by atoms with van der Waals surface area (Å²) in [6, 6.07) is -0.0964. The Labute approximate surface area is 106 Å². The molecule has 3 atom stereocenters. The van der Waals surface area contributed by atoms with Gasteiger partial charge in [-0.3, -0.25) is 4.79 Å². The topological polar surface area (TPSA) is 49.3 Å². The van der Waals surface area contributed by atoms with Crippen molar-refractivity contribution in [3.8, 4) is 0 Å². The van der Waals surface area contributed by atoms with Gasteiger partial charge in [-0.25, -0.2) is 0 Å². The molecule has 0 bridgehead atoms. The Morgan fingerprint density at radius 1 is 1.24 bits per heavy atom. The zero-order valence-electron chi connectivity index (χ0n) is 11.8. The molecule has 2 N–H and O–H groups in total. The Balaban J connectivity index is 4.18. The van der Waals surface area contributed by atoms with E-state index in [0.29, 0.717) is 18.3 Å². The van der Waals surface area contributed by atoms with Crippen molar-refractivity contribution in [3.05, 3.63) is 0 Å². The van der Waals surface area contributed by atoms with Crippen LogP contribution in [0.1, 0.15) is 59.8 Å².